The average molecular weight is 405 g/mol. The van der Waals surface area contributed by atoms with Crippen LogP contribution in [0.25, 0.3) is 0 Å². The van der Waals surface area contributed by atoms with Gasteiger partial charge in [-0.3, -0.25) is 0 Å². The monoisotopic (exact) mass is 404 g/mol. The van der Waals surface area contributed by atoms with Crippen molar-refractivity contribution in [3.63, 3.8) is 0 Å². The molecule has 0 spiro atoms. The minimum absolute atomic E-state index is 1.30. The van der Waals surface area contributed by atoms with Crippen LogP contribution in [0.1, 0.15) is 162 Å². The Labute approximate surface area is 186 Å². The van der Waals surface area contributed by atoms with Gasteiger partial charge in [-0.25, -0.2) is 0 Å². The Morgan fingerprint density at radius 2 is 0.483 bits per heavy atom. The van der Waals surface area contributed by atoms with E-state index in [1.165, 1.54) is 148 Å². The Hall–Kier alpha value is -0.520. The Kier molecular flexibility index (Phi) is 27.0. The van der Waals surface area contributed by atoms with Crippen LogP contribution in [-0.4, -0.2) is 0 Å². The number of hydrogen-bond donors (Lipinski definition) is 0. The molecule has 0 N–H and O–H groups in total. The lowest BCUT2D eigenvalue weighted by Crippen LogP contribution is -1.81. The van der Waals surface area contributed by atoms with Crippen LogP contribution in [-0.2, 0) is 0 Å². The minimum atomic E-state index is 1.30. The SMILES string of the molecule is CCCCCCCC=CCCCCCCCCCCC=CCCCCCCCC. The molecule has 0 heterocycles. The van der Waals surface area contributed by atoms with E-state index in [9.17, 15) is 0 Å². The zero-order chi connectivity index (χ0) is 21.1. The third-order valence-electron chi connectivity index (χ3n) is 6.02. The molecule has 0 nitrogen and oxygen atoms in total. The van der Waals surface area contributed by atoms with Crippen molar-refractivity contribution in [1.29, 1.82) is 0 Å². The molecule has 0 saturated carbocycles. The fourth-order valence-corrected chi connectivity index (χ4v) is 3.96. The highest BCUT2D eigenvalue weighted by Gasteiger charge is 1.92. The first-order chi connectivity index (χ1) is 14.4. The van der Waals surface area contributed by atoms with Crippen LogP contribution in [0.2, 0.25) is 0 Å². The van der Waals surface area contributed by atoms with Crippen LogP contribution in [0.15, 0.2) is 24.3 Å². The van der Waals surface area contributed by atoms with Gasteiger partial charge in [0.1, 0.15) is 0 Å². The van der Waals surface area contributed by atoms with Crippen LogP contribution in [0.5, 0.6) is 0 Å². The average Bonchev–Trinajstić information content (AvgIpc) is 2.74. The molecule has 0 rings (SSSR count). The highest BCUT2D eigenvalue weighted by molar-refractivity contribution is 4.82. The van der Waals surface area contributed by atoms with E-state index in [2.05, 4.69) is 38.2 Å². The summed E-state index contributed by atoms with van der Waals surface area (Å²) in [5.41, 5.74) is 0. The van der Waals surface area contributed by atoms with Crippen molar-refractivity contribution in [2.45, 2.75) is 162 Å². The van der Waals surface area contributed by atoms with Crippen molar-refractivity contribution in [1.82, 2.24) is 0 Å². The summed E-state index contributed by atoms with van der Waals surface area (Å²) in [4.78, 5) is 0. The molecular weight excluding hydrogens is 348 g/mol. The first-order valence-corrected chi connectivity index (χ1v) is 13.7. The molecule has 172 valence electrons. The van der Waals surface area contributed by atoms with E-state index in [1.807, 2.05) is 0 Å². The summed E-state index contributed by atoms with van der Waals surface area (Å²) in [5, 5.41) is 0. The van der Waals surface area contributed by atoms with Crippen molar-refractivity contribution in [2.24, 2.45) is 0 Å². The summed E-state index contributed by atoms with van der Waals surface area (Å²) in [6.45, 7) is 4.58. The first kappa shape index (κ1) is 28.5. The van der Waals surface area contributed by atoms with Gasteiger partial charge >= 0.3 is 0 Å². The fourth-order valence-electron chi connectivity index (χ4n) is 3.96. The van der Waals surface area contributed by atoms with Crippen molar-refractivity contribution in [3.05, 3.63) is 24.3 Å². The van der Waals surface area contributed by atoms with Gasteiger partial charge < -0.3 is 0 Å². The molecular formula is C29H56. The summed E-state index contributed by atoms with van der Waals surface area (Å²) in [6, 6.07) is 0. The molecule has 0 aromatic rings. The van der Waals surface area contributed by atoms with Crippen LogP contribution >= 0.6 is 0 Å². The lowest BCUT2D eigenvalue weighted by molar-refractivity contribution is 0.570. The molecule has 0 heteroatoms. The summed E-state index contributed by atoms with van der Waals surface area (Å²) in [5.74, 6) is 0. The molecule has 0 atom stereocenters. The van der Waals surface area contributed by atoms with Crippen LogP contribution in [0, 0.1) is 0 Å². The van der Waals surface area contributed by atoms with Gasteiger partial charge in [0.15, 0.2) is 0 Å². The predicted octanol–water partition coefficient (Wildman–Crippen LogP) is 11.1. The third kappa shape index (κ3) is 27.5. The topological polar surface area (TPSA) is 0 Å². The second kappa shape index (κ2) is 27.5. The van der Waals surface area contributed by atoms with Gasteiger partial charge in [0.25, 0.3) is 0 Å². The summed E-state index contributed by atoms with van der Waals surface area (Å²) >= 11 is 0. The van der Waals surface area contributed by atoms with Crippen molar-refractivity contribution in [3.8, 4) is 0 Å². The smallest absolute Gasteiger partial charge is 0.0351 e. The Morgan fingerprint density at radius 1 is 0.276 bits per heavy atom. The first-order valence-electron chi connectivity index (χ1n) is 13.7. The number of hydrogen-bond acceptors (Lipinski definition) is 0. The second-order valence-electron chi connectivity index (χ2n) is 9.11. The lowest BCUT2D eigenvalue weighted by Gasteiger charge is -2.01. The molecule has 0 amide bonds. The Bertz CT molecular complexity index is 325. The second-order valence-corrected chi connectivity index (χ2v) is 9.11. The predicted molar refractivity (Wildman–Crippen MR) is 136 cm³/mol. The van der Waals surface area contributed by atoms with E-state index in [1.54, 1.807) is 0 Å². The van der Waals surface area contributed by atoms with Gasteiger partial charge in [0.05, 0.1) is 0 Å². The van der Waals surface area contributed by atoms with Gasteiger partial charge in [-0.1, -0.05) is 134 Å². The van der Waals surface area contributed by atoms with Gasteiger partial charge in [-0.2, -0.15) is 0 Å². The van der Waals surface area contributed by atoms with Crippen molar-refractivity contribution in [2.75, 3.05) is 0 Å². The largest absolute Gasteiger partial charge is 0.0885 e. The van der Waals surface area contributed by atoms with Gasteiger partial charge in [-0.05, 0) is 51.4 Å². The Morgan fingerprint density at radius 3 is 0.724 bits per heavy atom. The molecule has 0 radical (unpaired) electrons. The zero-order valence-electron chi connectivity index (χ0n) is 20.6. The van der Waals surface area contributed by atoms with E-state index in [4.69, 9.17) is 0 Å². The summed E-state index contributed by atoms with van der Waals surface area (Å²) in [6.07, 6.45) is 41.9. The third-order valence-corrected chi connectivity index (χ3v) is 6.02. The van der Waals surface area contributed by atoms with E-state index >= 15 is 0 Å². The van der Waals surface area contributed by atoms with Crippen LogP contribution < -0.4 is 0 Å². The zero-order valence-corrected chi connectivity index (χ0v) is 20.6. The fraction of sp³-hybridized carbons (Fsp3) is 0.862. The highest BCUT2D eigenvalue weighted by Crippen LogP contribution is 2.12. The van der Waals surface area contributed by atoms with Crippen LogP contribution in [0.3, 0.4) is 0 Å². The van der Waals surface area contributed by atoms with Gasteiger partial charge in [0.2, 0.25) is 0 Å². The van der Waals surface area contributed by atoms with Gasteiger partial charge in [0, 0.05) is 0 Å². The molecule has 0 aromatic heterocycles. The van der Waals surface area contributed by atoms with E-state index in [0.717, 1.165) is 0 Å². The number of rotatable bonds is 24. The van der Waals surface area contributed by atoms with Crippen molar-refractivity contribution >= 4 is 0 Å². The Balaban J connectivity index is 3.10. The molecule has 0 aliphatic carbocycles. The van der Waals surface area contributed by atoms with Crippen molar-refractivity contribution < 1.29 is 0 Å². The maximum absolute atomic E-state index is 2.44. The molecule has 0 saturated heterocycles. The number of unbranched alkanes of at least 4 members (excludes halogenated alkanes) is 20. The molecule has 0 fully saturated rings. The molecule has 0 aliphatic heterocycles. The maximum atomic E-state index is 2.44. The van der Waals surface area contributed by atoms with E-state index < -0.39 is 0 Å². The molecule has 0 aromatic carbocycles. The van der Waals surface area contributed by atoms with Gasteiger partial charge in [-0.15, -0.1) is 0 Å². The van der Waals surface area contributed by atoms with E-state index in [0.29, 0.717) is 0 Å². The van der Waals surface area contributed by atoms with Crippen LogP contribution in [0.4, 0.5) is 0 Å². The molecule has 0 bridgehead atoms. The van der Waals surface area contributed by atoms with E-state index in [-0.39, 0.29) is 0 Å². The molecule has 0 unspecified atom stereocenters. The molecule has 29 heavy (non-hydrogen) atoms. The summed E-state index contributed by atoms with van der Waals surface area (Å²) < 4.78 is 0. The maximum Gasteiger partial charge on any atom is -0.0351 e. The number of allylic oxidation sites excluding steroid dienone is 4. The summed E-state index contributed by atoms with van der Waals surface area (Å²) in [7, 11) is 0. The normalized spacial score (nSPS) is 11.9. The lowest BCUT2D eigenvalue weighted by atomic mass is 10.1. The standard InChI is InChI=1S/C29H56/c1-3-5-7-9-11-13-15-17-19-21-23-25-27-29-28-26-24-22-20-18-16-14-12-10-8-6-4-2/h15,17-18,20H,3-14,16,19,21-29H2,1-2H3. The minimum Gasteiger partial charge on any atom is -0.0885 e. The highest BCUT2D eigenvalue weighted by atomic mass is 14.0. The quantitative estimate of drug-likeness (QED) is 0.111. The molecule has 0 aliphatic rings.